The minimum Gasteiger partial charge on any atom is -0.508 e. The largest absolute Gasteiger partial charge is 0.508 e. The zero-order valence-corrected chi connectivity index (χ0v) is 19.4. The molecule has 0 bridgehead atoms. The Morgan fingerprint density at radius 1 is 1.03 bits per heavy atom. The summed E-state index contributed by atoms with van der Waals surface area (Å²) in [6, 6.07) is 14.1. The molecular formula is C22H14Br2FN3O4. The van der Waals surface area contributed by atoms with E-state index in [0.717, 1.165) is 16.4 Å². The number of aromatic amines is 1. The molecule has 0 amide bonds. The summed E-state index contributed by atoms with van der Waals surface area (Å²) in [7, 11) is 0. The Hall–Kier alpha value is -3.24. The maximum atomic E-state index is 13.1. The molecule has 0 saturated carbocycles. The number of aromatic hydroxyl groups is 1. The second-order valence-corrected chi connectivity index (χ2v) is 8.49. The molecule has 0 unspecified atom stereocenters. The molecule has 4 aromatic rings. The van der Waals surface area contributed by atoms with Crippen LogP contribution >= 0.6 is 31.9 Å². The van der Waals surface area contributed by atoms with Crippen LogP contribution in [0.2, 0.25) is 0 Å². The lowest BCUT2D eigenvalue weighted by Crippen LogP contribution is -2.30. The Labute approximate surface area is 197 Å². The molecule has 7 nitrogen and oxygen atoms in total. The second kappa shape index (κ2) is 9.09. The summed E-state index contributed by atoms with van der Waals surface area (Å²) >= 11 is 6.86. The van der Waals surface area contributed by atoms with Gasteiger partial charge >= 0.3 is 5.69 Å². The lowest BCUT2D eigenvalue weighted by molar-refractivity contribution is 0.457. The van der Waals surface area contributed by atoms with Gasteiger partial charge in [0.1, 0.15) is 23.5 Å². The van der Waals surface area contributed by atoms with Gasteiger partial charge in [0.25, 0.3) is 5.56 Å². The molecule has 162 valence electrons. The van der Waals surface area contributed by atoms with Crippen molar-refractivity contribution in [3.8, 4) is 22.9 Å². The average molecular weight is 563 g/mol. The van der Waals surface area contributed by atoms with Crippen LogP contribution in [0.1, 0.15) is 11.1 Å². The molecule has 0 fully saturated rings. The van der Waals surface area contributed by atoms with Crippen molar-refractivity contribution < 1.29 is 14.2 Å². The number of phenolic OH excluding ortho intramolecular Hbond substituents is 1. The lowest BCUT2D eigenvalue weighted by Gasteiger charge is -2.14. The van der Waals surface area contributed by atoms with Gasteiger partial charge in [0, 0.05) is 12.0 Å². The van der Waals surface area contributed by atoms with Gasteiger partial charge in [-0.25, -0.2) is 9.18 Å². The van der Waals surface area contributed by atoms with E-state index in [1.165, 1.54) is 18.2 Å². The summed E-state index contributed by atoms with van der Waals surface area (Å²) in [5.74, 6) is 0.671. The maximum Gasteiger partial charge on any atom is 0.349 e. The predicted molar refractivity (Wildman–Crippen MR) is 123 cm³/mol. The first-order valence-electron chi connectivity index (χ1n) is 9.22. The van der Waals surface area contributed by atoms with Crippen molar-refractivity contribution in [2.24, 2.45) is 0 Å². The van der Waals surface area contributed by atoms with Crippen molar-refractivity contribution in [1.82, 2.24) is 14.8 Å². The first kappa shape index (κ1) is 22.0. The molecule has 2 N–H and O–H groups in total. The van der Waals surface area contributed by atoms with Crippen LogP contribution in [0.3, 0.4) is 0 Å². The van der Waals surface area contributed by atoms with Gasteiger partial charge < -0.3 is 9.84 Å². The predicted octanol–water partition coefficient (Wildman–Crippen LogP) is 4.67. The van der Waals surface area contributed by atoms with Crippen molar-refractivity contribution in [3.63, 3.8) is 0 Å². The molecule has 0 radical (unpaired) electrons. The second-order valence-electron chi connectivity index (χ2n) is 6.79. The third kappa shape index (κ3) is 4.81. The Balaban J connectivity index is 1.63. The highest BCUT2D eigenvalue weighted by Crippen LogP contribution is 2.39. The molecule has 0 aliphatic carbocycles. The fourth-order valence-electron chi connectivity index (χ4n) is 3.01. The number of phenols is 1. The van der Waals surface area contributed by atoms with Crippen LogP contribution in [0.15, 0.2) is 79.3 Å². The summed E-state index contributed by atoms with van der Waals surface area (Å²) in [6.45, 7) is 0. The van der Waals surface area contributed by atoms with Crippen molar-refractivity contribution >= 4 is 31.9 Å². The van der Waals surface area contributed by atoms with Crippen LogP contribution in [-0.4, -0.2) is 19.9 Å². The van der Waals surface area contributed by atoms with Gasteiger partial charge in [-0.2, -0.15) is 9.78 Å². The van der Waals surface area contributed by atoms with Gasteiger partial charge in [-0.05, 0) is 79.9 Å². The molecule has 1 aromatic heterocycles. The van der Waals surface area contributed by atoms with Crippen LogP contribution in [0.4, 0.5) is 4.39 Å². The highest BCUT2D eigenvalue weighted by molar-refractivity contribution is 9.11. The molecule has 10 heteroatoms. The summed E-state index contributed by atoms with van der Waals surface area (Å²) in [4.78, 5) is 25.4. The fourth-order valence-corrected chi connectivity index (χ4v) is 4.33. The van der Waals surface area contributed by atoms with E-state index in [0.29, 0.717) is 38.1 Å². The SMILES string of the molecule is O=c1cnn(-c2cc(Br)c(Oc3ccc(O)c(Cc4ccc(F)cc4)c3)c(Br)c2)c(=O)[nH]1. The molecule has 4 rings (SSSR count). The zero-order chi connectivity index (χ0) is 22.8. The van der Waals surface area contributed by atoms with Crippen molar-refractivity contribution in [2.75, 3.05) is 0 Å². The van der Waals surface area contributed by atoms with E-state index in [2.05, 4.69) is 41.9 Å². The first-order valence-corrected chi connectivity index (χ1v) is 10.8. The third-order valence-electron chi connectivity index (χ3n) is 4.52. The Morgan fingerprint density at radius 3 is 2.38 bits per heavy atom. The fraction of sp³-hybridized carbons (Fsp3) is 0.0455. The van der Waals surface area contributed by atoms with E-state index in [4.69, 9.17) is 4.74 Å². The van der Waals surface area contributed by atoms with Gasteiger partial charge in [-0.15, -0.1) is 0 Å². The zero-order valence-electron chi connectivity index (χ0n) is 16.2. The first-order chi connectivity index (χ1) is 15.3. The number of ether oxygens (including phenoxy) is 1. The number of hydrogen-bond donors (Lipinski definition) is 2. The highest BCUT2D eigenvalue weighted by Gasteiger charge is 2.14. The number of H-pyrrole nitrogens is 1. The summed E-state index contributed by atoms with van der Waals surface area (Å²) in [5, 5.41) is 14.1. The van der Waals surface area contributed by atoms with E-state index in [1.807, 2.05) is 0 Å². The minimum absolute atomic E-state index is 0.0960. The Kier molecular flexibility index (Phi) is 6.24. The smallest absolute Gasteiger partial charge is 0.349 e. The van der Waals surface area contributed by atoms with Gasteiger partial charge in [-0.1, -0.05) is 12.1 Å². The summed E-state index contributed by atoms with van der Waals surface area (Å²) < 4.78 is 21.2. The van der Waals surface area contributed by atoms with Gasteiger partial charge in [0.2, 0.25) is 0 Å². The Bertz CT molecular complexity index is 1400. The number of rotatable bonds is 5. The summed E-state index contributed by atoms with van der Waals surface area (Å²) in [6.07, 6.45) is 1.40. The van der Waals surface area contributed by atoms with Gasteiger partial charge in [0.05, 0.1) is 14.6 Å². The van der Waals surface area contributed by atoms with Crippen molar-refractivity contribution in [3.05, 3.63) is 108 Å². The van der Waals surface area contributed by atoms with Crippen LogP contribution in [0.5, 0.6) is 17.2 Å². The van der Waals surface area contributed by atoms with Crippen molar-refractivity contribution in [1.29, 1.82) is 0 Å². The summed E-state index contributed by atoms with van der Waals surface area (Å²) in [5.41, 5.74) is 0.591. The number of nitrogens with one attached hydrogen (secondary N) is 1. The van der Waals surface area contributed by atoms with Gasteiger partial charge in [0.15, 0.2) is 5.75 Å². The van der Waals surface area contributed by atoms with E-state index < -0.39 is 11.2 Å². The van der Waals surface area contributed by atoms with E-state index >= 15 is 0 Å². The molecule has 32 heavy (non-hydrogen) atoms. The molecule has 0 spiro atoms. The Morgan fingerprint density at radius 2 is 1.72 bits per heavy atom. The van der Waals surface area contributed by atoms with E-state index in [9.17, 15) is 19.1 Å². The normalized spacial score (nSPS) is 10.8. The number of hydrogen-bond acceptors (Lipinski definition) is 5. The van der Waals surface area contributed by atoms with Crippen LogP contribution in [0, 0.1) is 5.82 Å². The standard InChI is InChI=1S/C22H14Br2FN3O4/c23-17-9-15(28-22(31)27-20(30)11-26-28)10-18(24)21(17)32-16-5-6-19(29)13(8-16)7-12-1-3-14(25)4-2-12/h1-6,8-11,29H,7H2,(H,27,30,31). The van der Waals surface area contributed by atoms with E-state index in [1.54, 1.807) is 36.4 Å². The van der Waals surface area contributed by atoms with Crippen LogP contribution in [0.25, 0.3) is 5.69 Å². The monoisotopic (exact) mass is 561 g/mol. The number of aromatic nitrogens is 3. The quantitative estimate of drug-likeness (QED) is 0.368. The van der Waals surface area contributed by atoms with Crippen molar-refractivity contribution in [2.45, 2.75) is 6.42 Å². The third-order valence-corrected chi connectivity index (χ3v) is 5.70. The average Bonchev–Trinajstić information content (AvgIpc) is 2.74. The number of halogens is 3. The molecule has 1 heterocycles. The molecule has 0 saturated heterocycles. The topological polar surface area (TPSA) is 97.2 Å². The molecule has 0 aliphatic heterocycles. The lowest BCUT2D eigenvalue weighted by atomic mass is 10.0. The van der Waals surface area contributed by atoms with Crippen LogP contribution < -0.4 is 16.0 Å². The molecule has 0 aliphatic rings. The number of benzene rings is 3. The van der Waals surface area contributed by atoms with E-state index in [-0.39, 0.29) is 11.6 Å². The molecule has 0 atom stereocenters. The highest BCUT2D eigenvalue weighted by atomic mass is 79.9. The molecular weight excluding hydrogens is 549 g/mol. The molecule has 3 aromatic carbocycles. The van der Waals surface area contributed by atoms with Gasteiger partial charge in [-0.3, -0.25) is 9.78 Å². The maximum absolute atomic E-state index is 13.1. The minimum atomic E-state index is -0.672. The number of nitrogens with zero attached hydrogens (tertiary/aromatic N) is 2. The van der Waals surface area contributed by atoms with Crippen LogP contribution in [-0.2, 0) is 6.42 Å².